The van der Waals surface area contributed by atoms with Gasteiger partial charge in [-0.1, -0.05) is 29.8 Å². The lowest BCUT2D eigenvalue weighted by molar-refractivity contribution is -0.141. The number of H-pyrrole nitrogens is 1. The lowest BCUT2D eigenvalue weighted by Crippen LogP contribution is -2.22. The van der Waals surface area contributed by atoms with Crippen molar-refractivity contribution >= 4 is 11.6 Å². The Hall–Kier alpha value is -1.82. The fraction of sp³-hybridized carbons (Fsp3) is 0.167. The molecule has 100 valence electrons. The zero-order valence-electron chi connectivity index (χ0n) is 9.46. The lowest BCUT2D eigenvalue weighted by Gasteiger charge is -2.11. The van der Waals surface area contributed by atoms with E-state index >= 15 is 0 Å². The lowest BCUT2D eigenvalue weighted by atomic mass is 10.0. The molecular formula is C12H8ClF3N2O. The fourth-order valence-electron chi connectivity index (χ4n) is 1.67. The van der Waals surface area contributed by atoms with E-state index in [2.05, 4.69) is 9.97 Å². The van der Waals surface area contributed by atoms with Crippen molar-refractivity contribution in [2.75, 3.05) is 0 Å². The Morgan fingerprint density at radius 1 is 1.26 bits per heavy atom. The first-order valence-electron chi connectivity index (χ1n) is 5.26. The van der Waals surface area contributed by atoms with Gasteiger partial charge in [0.2, 0.25) is 0 Å². The Labute approximate surface area is 111 Å². The Bertz CT molecular complexity index is 652. The topological polar surface area (TPSA) is 45.8 Å². The van der Waals surface area contributed by atoms with Crippen LogP contribution in [0.5, 0.6) is 0 Å². The minimum Gasteiger partial charge on any atom is -0.313 e. The predicted octanol–water partition coefficient (Wildman–Crippen LogP) is 3.03. The molecule has 0 amide bonds. The van der Waals surface area contributed by atoms with Crippen LogP contribution >= 0.6 is 11.6 Å². The average molecular weight is 289 g/mol. The second kappa shape index (κ2) is 5.05. The molecule has 0 aliphatic rings. The number of halogens is 4. The Morgan fingerprint density at radius 2 is 1.95 bits per heavy atom. The maximum absolute atomic E-state index is 12.8. The molecule has 0 saturated heterocycles. The van der Waals surface area contributed by atoms with Crippen LogP contribution in [0.1, 0.15) is 16.8 Å². The Balaban J connectivity index is 2.52. The summed E-state index contributed by atoms with van der Waals surface area (Å²) in [4.78, 5) is 16.9. The maximum atomic E-state index is 12.8. The molecule has 0 bridgehead atoms. The molecule has 1 heterocycles. The minimum absolute atomic E-state index is 0.225. The summed E-state index contributed by atoms with van der Waals surface area (Å²) in [5.74, 6) is 0. The quantitative estimate of drug-likeness (QED) is 0.923. The highest BCUT2D eigenvalue weighted by Crippen LogP contribution is 2.30. The first-order valence-corrected chi connectivity index (χ1v) is 5.64. The number of benzene rings is 1. The fourth-order valence-corrected chi connectivity index (χ4v) is 1.87. The minimum atomic E-state index is -4.68. The summed E-state index contributed by atoms with van der Waals surface area (Å²) in [7, 11) is 0. The highest BCUT2D eigenvalue weighted by molar-refractivity contribution is 6.31. The molecule has 0 fully saturated rings. The molecule has 1 N–H and O–H groups in total. The van der Waals surface area contributed by atoms with Gasteiger partial charge in [0, 0.05) is 11.4 Å². The van der Waals surface area contributed by atoms with E-state index in [-0.39, 0.29) is 6.42 Å². The first-order chi connectivity index (χ1) is 8.89. The zero-order valence-corrected chi connectivity index (χ0v) is 10.2. The van der Waals surface area contributed by atoms with Gasteiger partial charge in [-0.3, -0.25) is 4.79 Å². The summed E-state index contributed by atoms with van der Waals surface area (Å²) in [6.07, 6.45) is -4.16. The van der Waals surface area contributed by atoms with E-state index in [0.717, 1.165) is 6.33 Å². The predicted molar refractivity (Wildman–Crippen MR) is 64.1 cm³/mol. The molecule has 0 unspecified atom stereocenters. The van der Waals surface area contributed by atoms with Gasteiger partial charge < -0.3 is 4.98 Å². The smallest absolute Gasteiger partial charge is 0.313 e. The van der Waals surface area contributed by atoms with E-state index in [1.54, 1.807) is 24.3 Å². The molecule has 0 spiro atoms. The molecule has 2 rings (SSSR count). The molecule has 7 heteroatoms. The van der Waals surface area contributed by atoms with Gasteiger partial charge in [0.15, 0.2) is 5.69 Å². The molecule has 2 aromatic rings. The third kappa shape index (κ3) is 2.96. The Morgan fingerprint density at radius 3 is 2.58 bits per heavy atom. The van der Waals surface area contributed by atoms with E-state index in [9.17, 15) is 18.0 Å². The number of alkyl halides is 3. The normalized spacial score (nSPS) is 11.6. The van der Waals surface area contributed by atoms with Gasteiger partial charge in [0.05, 0.1) is 11.9 Å². The van der Waals surface area contributed by atoms with Crippen molar-refractivity contribution in [1.82, 2.24) is 9.97 Å². The summed E-state index contributed by atoms with van der Waals surface area (Å²) in [6, 6.07) is 6.41. The molecule has 19 heavy (non-hydrogen) atoms. The van der Waals surface area contributed by atoms with Gasteiger partial charge in [-0.05, 0) is 11.6 Å². The number of aromatic amines is 1. The van der Waals surface area contributed by atoms with Crippen LogP contribution in [0, 0.1) is 0 Å². The van der Waals surface area contributed by atoms with Gasteiger partial charge in [0.25, 0.3) is 5.56 Å². The standard InChI is InChI=1S/C12H8ClF3N2O/c13-9-4-2-1-3-7(9)5-8-10(12(14,15)16)17-6-18-11(8)19/h1-4,6H,5H2,(H,17,18,19). The molecule has 1 aromatic heterocycles. The molecule has 0 atom stereocenters. The van der Waals surface area contributed by atoms with Crippen LogP contribution in [-0.2, 0) is 12.6 Å². The summed E-state index contributed by atoms with van der Waals surface area (Å²) >= 11 is 5.88. The maximum Gasteiger partial charge on any atom is 0.433 e. The van der Waals surface area contributed by atoms with Gasteiger partial charge in [-0.2, -0.15) is 13.2 Å². The van der Waals surface area contributed by atoms with Crippen LogP contribution in [0.2, 0.25) is 5.02 Å². The summed E-state index contributed by atoms with van der Waals surface area (Å²) in [5, 5.41) is 0.305. The van der Waals surface area contributed by atoms with Crippen molar-refractivity contribution in [1.29, 1.82) is 0 Å². The molecular weight excluding hydrogens is 281 g/mol. The van der Waals surface area contributed by atoms with Crippen LogP contribution in [0.25, 0.3) is 0 Å². The van der Waals surface area contributed by atoms with Crippen molar-refractivity contribution in [2.45, 2.75) is 12.6 Å². The van der Waals surface area contributed by atoms with Gasteiger partial charge in [-0.25, -0.2) is 4.98 Å². The first kappa shape index (κ1) is 13.6. The molecule has 0 aliphatic carbocycles. The van der Waals surface area contributed by atoms with Crippen LogP contribution in [0.3, 0.4) is 0 Å². The number of nitrogens with one attached hydrogen (secondary N) is 1. The summed E-state index contributed by atoms with van der Waals surface area (Å²) in [5.41, 5.74) is -2.00. The highest BCUT2D eigenvalue weighted by atomic mass is 35.5. The van der Waals surface area contributed by atoms with E-state index < -0.39 is 23.0 Å². The van der Waals surface area contributed by atoms with Crippen LogP contribution in [0.15, 0.2) is 35.4 Å². The second-order valence-corrected chi connectivity index (χ2v) is 4.23. The van der Waals surface area contributed by atoms with Crippen LogP contribution in [-0.4, -0.2) is 9.97 Å². The summed E-state index contributed by atoms with van der Waals surface area (Å²) in [6.45, 7) is 0. The van der Waals surface area contributed by atoms with Gasteiger partial charge >= 0.3 is 6.18 Å². The van der Waals surface area contributed by atoms with Gasteiger partial charge in [0.1, 0.15) is 0 Å². The molecule has 3 nitrogen and oxygen atoms in total. The van der Waals surface area contributed by atoms with Crippen molar-refractivity contribution < 1.29 is 13.2 Å². The monoisotopic (exact) mass is 288 g/mol. The van der Waals surface area contributed by atoms with E-state index in [0.29, 0.717) is 10.6 Å². The second-order valence-electron chi connectivity index (χ2n) is 3.82. The van der Waals surface area contributed by atoms with E-state index in [4.69, 9.17) is 11.6 Å². The van der Waals surface area contributed by atoms with Crippen molar-refractivity contribution in [2.24, 2.45) is 0 Å². The van der Waals surface area contributed by atoms with Crippen LogP contribution in [0.4, 0.5) is 13.2 Å². The molecule has 0 radical (unpaired) electrons. The largest absolute Gasteiger partial charge is 0.433 e. The molecule has 0 aliphatic heterocycles. The number of nitrogens with zero attached hydrogens (tertiary/aromatic N) is 1. The molecule has 1 aromatic carbocycles. The number of aromatic nitrogens is 2. The number of hydrogen-bond acceptors (Lipinski definition) is 2. The zero-order chi connectivity index (χ0) is 14.0. The summed E-state index contributed by atoms with van der Waals surface area (Å²) < 4.78 is 38.4. The van der Waals surface area contributed by atoms with E-state index in [1.165, 1.54) is 0 Å². The molecule has 0 saturated carbocycles. The SMILES string of the molecule is O=c1[nH]cnc(C(F)(F)F)c1Cc1ccccc1Cl. The van der Waals surface area contributed by atoms with Crippen molar-refractivity contribution in [3.05, 3.63) is 62.8 Å². The van der Waals surface area contributed by atoms with Crippen molar-refractivity contribution in [3.63, 3.8) is 0 Å². The third-order valence-electron chi connectivity index (χ3n) is 2.54. The van der Waals surface area contributed by atoms with Crippen LogP contribution < -0.4 is 5.56 Å². The Kier molecular flexibility index (Phi) is 3.61. The number of rotatable bonds is 2. The van der Waals surface area contributed by atoms with Crippen molar-refractivity contribution in [3.8, 4) is 0 Å². The third-order valence-corrected chi connectivity index (χ3v) is 2.91. The number of hydrogen-bond donors (Lipinski definition) is 1. The van der Waals surface area contributed by atoms with E-state index in [1.807, 2.05) is 0 Å². The average Bonchev–Trinajstić information content (AvgIpc) is 2.33. The highest BCUT2D eigenvalue weighted by Gasteiger charge is 2.36. The van der Waals surface area contributed by atoms with Gasteiger partial charge in [-0.15, -0.1) is 0 Å².